The summed E-state index contributed by atoms with van der Waals surface area (Å²) < 4.78 is 24.7. The Morgan fingerprint density at radius 1 is 0.978 bits per heavy atom. The number of rotatable bonds is 9. The minimum Gasteiger partial charge on any atom is -0.416 e. The number of carbonyl (C=O) groups is 2. The van der Waals surface area contributed by atoms with Gasteiger partial charge in [0, 0.05) is 47.8 Å². The Labute approximate surface area is 273 Å². The van der Waals surface area contributed by atoms with Gasteiger partial charge in [0.15, 0.2) is 8.32 Å². The maximum atomic E-state index is 14.2. The summed E-state index contributed by atoms with van der Waals surface area (Å²) in [4.78, 5) is 30.8. The highest BCUT2D eigenvalue weighted by Gasteiger charge is 2.36. The van der Waals surface area contributed by atoms with Crippen LogP contribution in [-0.2, 0) is 21.2 Å². The van der Waals surface area contributed by atoms with Gasteiger partial charge in [-0.3, -0.25) is 24.0 Å². The molecule has 0 aliphatic rings. The first-order valence-corrected chi connectivity index (χ1v) is 19.5. The number of amides is 2. The molecule has 0 radical (unpaired) electrons. The third-order valence-corrected chi connectivity index (χ3v) is 14.5. The molecular weight excluding hydrogens is 615 g/mol. The van der Waals surface area contributed by atoms with Crippen LogP contribution in [0.2, 0.25) is 18.1 Å². The van der Waals surface area contributed by atoms with Gasteiger partial charge in [-0.15, -0.1) is 0 Å². The maximum absolute atomic E-state index is 14.2. The minimum absolute atomic E-state index is 0.0567. The van der Waals surface area contributed by atoms with Crippen molar-refractivity contribution in [3.8, 4) is 11.8 Å². The lowest BCUT2D eigenvalue weighted by Crippen LogP contribution is -2.41. The predicted octanol–water partition coefficient (Wildman–Crippen LogP) is 5.98. The molecular formula is C35H41N5O4SSi. The van der Waals surface area contributed by atoms with Crippen molar-refractivity contribution in [3.63, 3.8) is 0 Å². The fraction of sp³-hybridized carbons (Fsp3) is 0.286. The van der Waals surface area contributed by atoms with E-state index in [-0.39, 0.29) is 16.5 Å². The number of anilines is 1. The highest BCUT2D eigenvalue weighted by molar-refractivity contribution is 8.00. The van der Waals surface area contributed by atoms with Crippen LogP contribution in [0.5, 0.6) is 0 Å². The summed E-state index contributed by atoms with van der Waals surface area (Å²) in [6.07, 6.45) is 3.38. The van der Waals surface area contributed by atoms with Gasteiger partial charge in [0.25, 0.3) is 11.8 Å². The van der Waals surface area contributed by atoms with Crippen molar-refractivity contribution in [2.24, 2.45) is 7.05 Å². The third kappa shape index (κ3) is 8.81. The summed E-state index contributed by atoms with van der Waals surface area (Å²) in [6.45, 7) is 13.1. The smallest absolute Gasteiger partial charge is 0.273 e. The van der Waals surface area contributed by atoms with Crippen LogP contribution in [0.4, 0.5) is 5.69 Å². The summed E-state index contributed by atoms with van der Waals surface area (Å²) in [5.41, 5.74) is 3.19. The maximum Gasteiger partial charge on any atom is 0.273 e. The quantitative estimate of drug-likeness (QED) is 0.0993. The SMILES string of the molecule is Cc1cc(C(=O)Nc2cccc(C#Cc3cncc(C(=O)NS(=O)(=CCCO[Si](C)(C)C(C)(C)C)c4ccccc4)c3)c2)n(C)n1. The van der Waals surface area contributed by atoms with Gasteiger partial charge < -0.3 is 9.74 Å². The summed E-state index contributed by atoms with van der Waals surface area (Å²) in [6, 6.07) is 19.4. The van der Waals surface area contributed by atoms with Crippen molar-refractivity contribution in [2.45, 2.75) is 57.1 Å². The second-order valence-corrected chi connectivity index (χ2v) is 19.5. The molecule has 2 N–H and O–H groups in total. The first-order chi connectivity index (χ1) is 21.7. The number of nitrogens with one attached hydrogen (secondary N) is 2. The van der Waals surface area contributed by atoms with E-state index < -0.39 is 23.9 Å². The van der Waals surface area contributed by atoms with E-state index >= 15 is 0 Å². The number of hydrogen-bond donors (Lipinski definition) is 2. The van der Waals surface area contributed by atoms with Gasteiger partial charge in [0.2, 0.25) is 0 Å². The summed E-state index contributed by atoms with van der Waals surface area (Å²) >= 11 is 0. The standard InChI is InChI=1S/C35H41N5O4SSi/c1-26-21-32(40(5)38-26)34(42)37-30-14-11-13-27(23-30)17-18-28-22-29(25-36-24-28)33(41)39-45(43,31-15-9-8-10-16-31)20-12-19-44-46(6,7)35(2,3)4/h8-11,13-16,20-25H,12,19H2,1-7H3,(H,37,42)(H,39,41,43). The predicted molar refractivity (Wildman–Crippen MR) is 187 cm³/mol. The fourth-order valence-corrected chi connectivity index (χ4v) is 7.07. The molecule has 4 aromatic rings. The molecule has 1 unspecified atom stereocenters. The lowest BCUT2D eigenvalue weighted by Gasteiger charge is -2.36. The number of pyridine rings is 1. The van der Waals surface area contributed by atoms with Crippen molar-refractivity contribution < 1.29 is 18.2 Å². The van der Waals surface area contributed by atoms with Crippen molar-refractivity contribution >= 4 is 40.9 Å². The van der Waals surface area contributed by atoms with Crippen LogP contribution < -0.4 is 10.0 Å². The van der Waals surface area contributed by atoms with Crippen LogP contribution >= 0.6 is 0 Å². The number of benzene rings is 2. The van der Waals surface area contributed by atoms with Crippen molar-refractivity contribution in [1.29, 1.82) is 0 Å². The van der Waals surface area contributed by atoms with Gasteiger partial charge in [0.05, 0.1) is 21.0 Å². The summed E-state index contributed by atoms with van der Waals surface area (Å²) in [7, 11) is -3.32. The van der Waals surface area contributed by atoms with Gasteiger partial charge in [0.1, 0.15) is 5.69 Å². The Morgan fingerprint density at radius 2 is 1.70 bits per heavy atom. The first kappa shape index (κ1) is 34.4. The number of aromatic nitrogens is 3. The number of aryl methyl sites for hydroxylation is 2. The molecule has 240 valence electrons. The lowest BCUT2D eigenvalue weighted by atomic mass is 10.1. The average Bonchev–Trinajstić information content (AvgIpc) is 3.36. The van der Waals surface area contributed by atoms with Gasteiger partial charge >= 0.3 is 0 Å². The highest BCUT2D eigenvalue weighted by Crippen LogP contribution is 2.36. The zero-order valence-electron chi connectivity index (χ0n) is 27.4. The molecule has 0 saturated heterocycles. The van der Waals surface area contributed by atoms with E-state index in [0.29, 0.717) is 40.4 Å². The molecule has 0 spiro atoms. The molecule has 0 aliphatic carbocycles. The highest BCUT2D eigenvalue weighted by atomic mass is 32.2. The van der Waals surface area contributed by atoms with Crippen LogP contribution in [0, 0.1) is 18.8 Å². The van der Waals surface area contributed by atoms with E-state index in [9.17, 15) is 13.8 Å². The summed E-state index contributed by atoms with van der Waals surface area (Å²) in [5.74, 6) is 5.29. The van der Waals surface area contributed by atoms with Crippen molar-refractivity contribution in [3.05, 3.63) is 107 Å². The van der Waals surface area contributed by atoms with E-state index in [1.165, 1.54) is 10.9 Å². The van der Waals surface area contributed by atoms with Crippen LogP contribution in [-0.4, -0.2) is 51.1 Å². The van der Waals surface area contributed by atoms with E-state index in [4.69, 9.17) is 4.43 Å². The molecule has 0 bridgehead atoms. The van der Waals surface area contributed by atoms with Gasteiger partial charge in [-0.1, -0.05) is 56.9 Å². The van der Waals surface area contributed by atoms with Crippen molar-refractivity contribution in [1.82, 2.24) is 19.5 Å². The molecule has 9 nitrogen and oxygen atoms in total. The molecule has 46 heavy (non-hydrogen) atoms. The second-order valence-electron chi connectivity index (χ2n) is 12.5. The molecule has 2 heterocycles. The molecule has 2 aromatic heterocycles. The average molecular weight is 656 g/mol. The fourth-order valence-electron chi connectivity index (χ4n) is 4.23. The van der Waals surface area contributed by atoms with Gasteiger partial charge in [-0.05, 0) is 79.3 Å². The van der Waals surface area contributed by atoms with Crippen LogP contribution in [0.15, 0.2) is 84.0 Å². The largest absolute Gasteiger partial charge is 0.416 e. The summed E-state index contributed by atoms with van der Waals surface area (Å²) in [5, 5.41) is 8.79. The molecule has 1 atom stereocenters. The van der Waals surface area contributed by atoms with E-state index in [2.05, 4.69) is 65.8 Å². The zero-order chi connectivity index (χ0) is 33.5. The normalized spacial score (nSPS) is 12.8. The Hall–Kier alpha value is -4.50. The minimum atomic E-state index is -3.07. The molecule has 0 saturated carbocycles. The first-order valence-electron chi connectivity index (χ1n) is 14.9. The van der Waals surface area contributed by atoms with Crippen LogP contribution in [0.25, 0.3) is 0 Å². The Bertz CT molecular complexity index is 1910. The van der Waals surface area contributed by atoms with E-state index in [0.717, 1.165) is 5.69 Å². The zero-order valence-corrected chi connectivity index (χ0v) is 29.2. The number of carbonyl (C=O) groups excluding carboxylic acids is 2. The second kappa shape index (κ2) is 14.3. The van der Waals surface area contributed by atoms with Gasteiger partial charge in [-0.2, -0.15) is 5.10 Å². The Balaban J connectivity index is 1.50. The monoisotopic (exact) mass is 655 g/mol. The lowest BCUT2D eigenvalue weighted by molar-refractivity contribution is 0.0980. The number of nitrogens with zero attached hydrogens (tertiary/aromatic N) is 3. The van der Waals surface area contributed by atoms with Crippen LogP contribution in [0.3, 0.4) is 0 Å². The van der Waals surface area contributed by atoms with Crippen LogP contribution in [0.1, 0.15) is 64.9 Å². The van der Waals surface area contributed by atoms with E-state index in [1.54, 1.807) is 73.2 Å². The molecule has 2 aromatic carbocycles. The topological polar surface area (TPSA) is 115 Å². The number of hydrogen-bond acceptors (Lipinski definition) is 6. The van der Waals surface area contributed by atoms with Crippen molar-refractivity contribution in [2.75, 3.05) is 11.9 Å². The Morgan fingerprint density at radius 3 is 2.37 bits per heavy atom. The molecule has 0 aliphatic heterocycles. The third-order valence-electron chi connectivity index (χ3n) is 7.78. The van der Waals surface area contributed by atoms with Gasteiger partial charge in [-0.25, -0.2) is 4.21 Å². The molecule has 11 heteroatoms. The molecule has 2 amide bonds. The van der Waals surface area contributed by atoms with E-state index in [1.807, 2.05) is 19.1 Å². The molecule has 0 fully saturated rings. The molecule has 4 rings (SSSR count). The Kier molecular flexibility index (Phi) is 10.7.